The van der Waals surface area contributed by atoms with E-state index in [1.165, 1.54) is 11.1 Å². The van der Waals surface area contributed by atoms with E-state index in [2.05, 4.69) is 81.8 Å². The first-order chi connectivity index (χ1) is 22.5. The minimum Gasteiger partial charge on any atom is -0.501 e. The normalized spacial score (nSPS) is 22.1. The van der Waals surface area contributed by atoms with Crippen LogP contribution in [0.4, 0.5) is 0 Å². The molecule has 0 amide bonds. The topological polar surface area (TPSA) is 89.4 Å². The van der Waals surface area contributed by atoms with Crippen LogP contribution in [0.3, 0.4) is 0 Å². The van der Waals surface area contributed by atoms with Crippen LogP contribution in [-0.2, 0) is 22.3 Å². The smallest absolute Gasteiger partial charge is 0.110 e. The monoisotopic (exact) mass is 636 g/mol. The Morgan fingerprint density at radius 1 is 0.978 bits per heavy atom. The van der Waals surface area contributed by atoms with Gasteiger partial charge in [0.2, 0.25) is 0 Å². The van der Waals surface area contributed by atoms with Gasteiger partial charge >= 0.3 is 0 Å². The number of hydrogen-bond acceptors (Lipinski definition) is 7. The average Bonchev–Trinajstić information content (AvgIpc) is 3.07. The summed E-state index contributed by atoms with van der Waals surface area (Å²) in [5.41, 5.74) is 10.7. The van der Waals surface area contributed by atoms with Gasteiger partial charge in [0.15, 0.2) is 0 Å². The number of aromatic nitrogens is 3. The number of halogens is 1. The minimum absolute atomic E-state index is 0.00235. The molecule has 0 spiro atoms. The van der Waals surface area contributed by atoms with Crippen LogP contribution in [0.5, 0.6) is 0 Å². The lowest BCUT2D eigenvalue weighted by Crippen LogP contribution is -2.47. The number of aliphatic hydroxyl groups is 1. The zero-order chi connectivity index (χ0) is 31.9. The Morgan fingerprint density at radius 2 is 1.80 bits per heavy atom. The third kappa shape index (κ3) is 7.24. The third-order valence-electron chi connectivity index (χ3n) is 9.05. The Labute approximate surface area is 276 Å². The van der Waals surface area contributed by atoms with Gasteiger partial charge in [-0.05, 0) is 67.4 Å². The van der Waals surface area contributed by atoms with Gasteiger partial charge in [-0.3, -0.25) is 15.0 Å². The average molecular weight is 637 g/mol. The molecule has 1 aliphatic carbocycles. The molecule has 1 aliphatic heterocycles. The first-order valence-electron chi connectivity index (χ1n) is 16.1. The number of nitrogens with zero attached hydrogens (tertiary/aromatic N) is 3. The Bertz CT molecular complexity index is 1780. The molecule has 0 unspecified atom stereocenters. The number of rotatable bonds is 10. The lowest BCUT2D eigenvalue weighted by atomic mass is 9.91. The highest BCUT2D eigenvalue weighted by molar-refractivity contribution is 6.35. The van der Waals surface area contributed by atoms with E-state index < -0.39 is 6.10 Å². The van der Waals surface area contributed by atoms with Crippen molar-refractivity contribution >= 4 is 28.2 Å². The summed E-state index contributed by atoms with van der Waals surface area (Å²) in [7, 11) is 1.73. The van der Waals surface area contributed by atoms with Crippen molar-refractivity contribution in [2.24, 2.45) is 0 Å². The fourth-order valence-electron chi connectivity index (χ4n) is 6.45. The summed E-state index contributed by atoms with van der Waals surface area (Å²) in [6.45, 7) is 3.82. The lowest BCUT2D eigenvalue weighted by molar-refractivity contribution is -0.0269. The largest absolute Gasteiger partial charge is 0.501 e. The van der Waals surface area contributed by atoms with Crippen molar-refractivity contribution < 1.29 is 14.6 Å². The quantitative estimate of drug-likeness (QED) is 0.190. The maximum Gasteiger partial charge on any atom is 0.110 e. The highest BCUT2D eigenvalue weighted by atomic mass is 35.5. The molecule has 0 radical (unpaired) electrons. The maximum absolute atomic E-state index is 10.3. The van der Waals surface area contributed by atoms with E-state index in [0.717, 1.165) is 93.9 Å². The van der Waals surface area contributed by atoms with E-state index in [1.807, 2.05) is 12.3 Å². The number of benzene rings is 2. The summed E-state index contributed by atoms with van der Waals surface area (Å²) in [5, 5.41) is 14.6. The highest BCUT2D eigenvalue weighted by Gasteiger charge is 2.24. The molecule has 46 heavy (non-hydrogen) atoms. The molecule has 2 aliphatic rings. The van der Waals surface area contributed by atoms with E-state index in [4.69, 9.17) is 21.1 Å². The van der Waals surface area contributed by atoms with E-state index in [-0.39, 0.29) is 6.04 Å². The van der Waals surface area contributed by atoms with Gasteiger partial charge in [-0.25, -0.2) is 0 Å². The summed E-state index contributed by atoms with van der Waals surface area (Å²) < 4.78 is 11.2. The van der Waals surface area contributed by atoms with Crippen LogP contribution in [0.15, 0.2) is 90.6 Å². The molecular weight excluding hydrogens is 596 g/mol. The van der Waals surface area contributed by atoms with Crippen LogP contribution < -0.4 is 5.32 Å². The second-order valence-electron chi connectivity index (χ2n) is 11.9. The molecule has 2 aromatic carbocycles. The summed E-state index contributed by atoms with van der Waals surface area (Å²) in [6, 6.07) is 14.7. The fourth-order valence-corrected chi connectivity index (χ4v) is 6.79. The van der Waals surface area contributed by atoms with E-state index in [1.54, 1.807) is 19.5 Å². The van der Waals surface area contributed by atoms with Gasteiger partial charge < -0.3 is 19.9 Å². The van der Waals surface area contributed by atoms with Crippen molar-refractivity contribution in [3.8, 4) is 11.1 Å². The van der Waals surface area contributed by atoms with Gasteiger partial charge in [0.05, 0.1) is 36.1 Å². The Hall–Kier alpha value is -3.88. The number of methoxy groups -OCH3 is 1. The van der Waals surface area contributed by atoms with E-state index >= 15 is 0 Å². The molecule has 2 N–H and O–H groups in total. The molecule has 8 heteroatoms. The van der Waals surface area contributed by atoms with Crippen LogP contribution in [0.2, 0.25) is 5.02 Å². The number of aliphatic hydroxyl groups excluding tert-OH is 1. The first kappa shape index (κ1) is 32.1. The standard InChI is InChI=1S/C38H41ClN4O3/c1-25-26(8-4-13-33-38-34(17-19-40-33)41-20-21-42-38)7-3-10-29(25)31-12-6-11-30(37(31)39)27-9-5-14-36(45-2)28(16-15-27)23-43-32-18-22-46-24-35(32)44/h3,6-7,9-12,15-17,19-21,32,35,43-44H,4-5,8,13-14,18,22-24H2,1-2H3/b16-15-,27-9+,36-28-/t32-,35+/m1/s1. The van der Waals surface area contributed by atoms with Gasteiger partial charge in [-0.1, -0.05) is 66.2 Å². The molecule has 0 saturated carbocycles. The Balaban J connectivity index is 1.19. The summed E-state index contributed by atoms with van der Waals surface area (Å²) in [6.07, 6.45) is 16.4. The van der Waals surface area contributed by atoms with Crippen molar-refractivity contribution in [1.29, 1.82) is 0 Å². The van der Waals surface area contributed by atoms with E-state index in [9.17, 15) is 5.11 Å². The maximum atomic E-state index is 10.3. The van der Waals surface area contributed by atoms with Crippen LogP contribution in [0.25, 0.3) is 27.7 Å². The molecule has 3 heterocycles. The number of fused-ring (bicyclic) bond motifs is 1. The Kier molecular flexibility index (Phi) is 10.6. The number of pyridine rings is 1. The van der Waals surface area contributed by atoms with Gasteiger partial charge in [-0.15, -0.1) is 0 Å². The Morgan fingerprint density at radius 3 is 2.67 bits per heavy atom. The zero-order valence-corrected chi connectivity index (χ0v) is 27.3. The molecule has 7 nitrogen and oxygen atoms in total. The number of allylic oxidation sites excluding steroid dienone is 4. The molecule has 2 atom stereocenters. The van der Waals surface area contributed by atoms with Crippen LogP contribution >= 0.6 is 11.6 Å². The van der Waals surface area contributed by atoms with Crippen molar-refractivity contribution in [2.75, 3.05) is 26.9 Å². The molecule has 1 fully saturated rings. The van der Waals surface area contributed by atoms with Crippen molar-refractivity contribution in [2.45, 2.75) is 57.6 Å². The van der Waals surface area contributed by atoms with Crippen molar-refractivity contribution in [3.63, 3.8) is 0 Å². The van der Waals surface area contributed by atoms with Crippen molar-refractivity contribution in [3.05, 3.63) is 118 Å². The van der Waals surface area contributed by atoms with Crippen LogP contribution in [0, 0.1) is 6.92 Å². The second kappa shape index (κ2) is 15.1. The van der Waals surface area contributed by atoms with Gasteiger partial charge in [-0.2, -0.15) is 0 Å². The van der Waals surface area contributed by atoms with Crippen LogP contribution in [-0.4, -0.2) is 59.1 Å². The minimum atomic E-state index is -0.507. The SMILES string of the molecule is CO/C1=C(CN[C@@H]2CCOC[C@@H]2O)/C=C\C(c2cccc(-c3cccc(CCCc4nccc5nccnc45)c3C)c2Cl)=C/CC1. The predicted octanol–water partition coefficient (Wildman–Crippen LogP) is 7.20. The number of nitrogens with one attached hydrogen (secondary N) is 1. The van der Waals surface area contributed by atoms with Crippen molar-refractivity contribution in [1.82, 2.24) is 20.3 Å². The molecule has 1 saturated heterocycles. The molecule has 6 rings (SSSR count). The first-order valence-corrected chi connectivity index (χ1v) is 16.5. The zero-order valence-electron chi connectivity index (χ0n) is 26.5. The second-order valence-corrected chi connectivity index (χ2v) is 12.3. The van der Waals surface area contributed by atoms with Gasteiger partial charge in [0.25, 0.3) is 0 Å². The fraction of sp³-hybridized carbons (Fsp3) is 0.342. The molecular formula is C38H41ClN4O3. The van der Waals surface area contributed by atoms with Gasteiger partial charge in [0.1, 0.15) is 11.3 Å². The molecule has 2 aromatic heterocycles. The summed E-state index contributed by atoms with van der Waals surface area (Å²) in [5.74, 6) is 0.956. The summed E-state index contributed by atoms with van der Waals surface area (Å²) in [4.78, 5) is 13.5. The summed E-state index contributed by atoms with van der Waals surface area (Å²) >= 11 is 7.22. The van der Waals surface area contributed by atoms with E-state index in [0.29, 0.717) is 19.8 Å². The number of aryl methyl sites for hydroxylation is 2. The van der Waals surface area contributed by atoms with Crippen LogP contribution in [0.1, 0.15) is 48.1 Å². The molecule has 238 valence electrons. The lowest BCUT2D eigenvalue weighted by Gasteiger charge is -2.29. The molecule has 4 aromatic rings. The predicted molar refractivity (Wildman–Crippen MR) is 185 cm³/mol. The third-order valence-corrected chi connectivity index (χ3v) is 9.46. The number of hydrogen-bond donors (Lipinski definition) is 2. The van der Waals surface area contributed by atoms with Gasteiger partial charge in [0, 0.05) is 60.9 Å². The molecule has 0 bridgehead atoms. The highest BCUT2D eigenvalue weighted by Crippen LogP contribution is 2.38. The number of ether oxygens (including phenoxy) is 2.